The zero-order valence-corrected chi connectivity index (χ0v) is 9.82. The number of piperidine rings is 1. The highest BCUT2D eigenvalue weighted by atomic mass is 16.4. The van der Waals surface area contributed by atoms with Crippen LogP contribution in [0.3, 0.4) is 0 Å². The topological polar surface area (TPSA) is 86.6 Å². The van der Waals surface area contributed by atoms with Crippen LogP contribution in [0, 0.1) is 11.8 Å². The number of nitrogens with one attached hydrogen (secondary N) is 1. The SMILES string of the molecule is O=C(O)C1CCC(C(=O)O)(C2CCCC2)NC1. The second kappa shape index (κ2) is 4.64. The highest BCUT2D eigenvalue weighted by Gasteiger charge is 2.49. The fourth-order valence-electron chi connectivity index (χ4n) is 3.23. The lowest BCUT2D eigenvalue weighted by atomic mass is 9.74. The van der Waals surface area contributed by atoms with E-state index in [1.807, 2.05) is 0 Å². The van der Waals surface area contributed by atoms with Crippen LogP contribution < -0.4 is 5.32 Å². The molecule has 5 nitrogen and oxygen atoms in total. The number of hydrogen-bond donors (Lipinski definition) is 3. The van der Waals surface area contributed by atoms with Crippen LogP contribution in [0.5, 0.6) is 0 Å². The van der Waals surface area contributed by atoms with Gasteiger partial charge in [0.25, 0.3) is 0 Å². The third-order valence-electron chi connectivity index (χ3n) is 4.33. The lowest BCUT2D eigenvalue weighted by Gasteiger charge is -2.41. The van der Waals surface area contributed by atoms with Gasteiger partial charge in [0.2, 0.25) is 0 Å². The van der Waals surface area contributed by atoms with Crippen molar-refractivity contribution < 1.29 is 19.8 Å². The largest absolute Gasteiger partial charge is 0.481 e. The summed E-state index contributed by atoms with van der Waals surface area (Å²) in [6, 6.07) is 0. The quantitative estimate of drug-likeness (QED) is 0.688. The molecule has 0 aromatic carbocycles. The molecule has 3 N–H and O–H groups in total. The minimum atomic E-state index is -0.873. The lowest BCUT2D eigenvalue weighted by Crippen LogP contribution is -2.61. The van der Waals surface area contributed by atoms with E-state index in [4.69, 9.17) is 5.11 Å². The summed E-state index contributed by atoms with van der Waals surface area (Å²) in [5.41, 5.74) is -0.873. The fraction of sp³-hybridized carbons (Fsp3) is 0.833. The summed E-state index contributed by atoms with van der Waals surface area (Å²) in [4.78, 5) is 22.4. The Morgan fingerprint density at radius 2 is 1.76 bits per heavy atom. The Morgan fingerprint density at radius 3 is 2.18 bits per heavy atom. The molecule has 2 aliphatic rings. The Kier molecular flexibility index (Phi) is 3.38. The molecule has 2 rings (SSSR count). The summed E-state index contributed by atoms with van der Waals surface area (Å²) in [6.07, 6.45) is 4.96. The Bertz CT molecular complexity index is 314. The van der Waals surface area contributed by atoms with Crippen molar-refractivity contribution in [1.82, 2.24) is 5.32 Å². The van der Waals surface area contributed by atoms with Crippen molar-refractivity contribution >= 4 is 11.9 Å². The summed E-state index contributed by atoms with van der Waals surface area (Å²) in [6.45, 7) is 0.276. The van der Waals surface area contributed by atoms with Crippen molar-refractivity contribution in [1.29, 1.82) is 0 Å². The molecule has 17 heavy (non-hydrogen) atoms. The minimum Gasteiger partial charge on any atom is -0.481 e. The maximum atomic E-state index is 11.5. The van der Waals surface area contributed by atoms with Crippen molar-refractivity contribution in [2.45, 2.75) is 44.1 Å². The molecule has 2 fully saturated rings. The van der Waals surface area contributed by atoms with Gasteiger partial charge in [0.1, 0.15) is 5.54 Å². The molecule has 0 amide bonds. The average molecular weight is 241 g/mol. The van der Waals surface area contributed by atoms with Gasteiger partial charge in [0.05, 0.1) is 5.92 Å². The molecule has 0 radical (unpaired) electrons. The first kappa shape index (κ1) is 12.4. The smallest absolute Gasteiger partial charge is 0.324 e. The number of hydrogen-bond acceptors (Lipinski definition) is 3. The molecule has 1 heterocycles. The van der Waals surface area contributed by atoms with Gasteiger partial charge < -0.3 is 15.5 Å². The molecule has 2 unspecified atom stereocenters. The van der Waals surface area contributed by atoms with E-state index in [1.54, 1.807) is 0 Å². The van der Waals surface area contributed by atoms with Crippen LogP contribution in [0.4, 0.5) is 0 Å². The summed E-state index contributed by atoms with van der Waals surface area (Å²) >= 11 is 0. The first-order chi connectivity index (χ1) is 8.06. The molecule has 0 bridgehead atoms. The van der Waals surface area contributed by atoms with E-state index in [9.17, 15) is 14.7 Å². The van der Waals surface area contributed by atoms with Crippen LogP contribution in [-0.2, 0) is 9.59 Å². The molecule has 1 aliphatic carbocycles. The van der Waals surface area contributed by atoms with Crippen molar-refractivity contribution in [2.24, 2.45) is 11.8 Å². The Balaban J connectivity index is 2.10. The number of carboxylic acid groups (broad SMARTS) is 2. The number of aliphatic carboxylic acids is 2. The number of rotatable bonds is 3. The average Bonchev–Trinajstić information content (AvgIpc) is 2.82. The molecule has 1 saturated carbocycles. The van der Waals surface area contributed by atoms with E-state index in [0.29, 0.717) is 12.8 Å². The van der Waals surface area contributed by atoms with E-state index in [0.717, 1.165) is 25.7 Å². The molecule has 1 aliphatic heterocycles. The molecular formula is C12H19NO4. The maximum Gasteiger partial charge on any atom is 0.324 e. The number of carbonyl (C=O) groups is 2. The summed E-state index contributed by atoms with van der Waals surface area (Å²) < 4.78 is 0. The van der Waals surface area contributed by atoms with Crippen molar-refractivity contribution in [2.75, 3.05) is 6.54 Å². The standard InChI is InChI=1S/C12H19NO4/c14-10(15)8-5-6-12(11(16)17,13-7-8)9-3-1-2-4-9/h8-9,13H,1-7H2,(H,14,15)(H,16,17). The van der Waals surface area contributed by atoms with Crippen molar-refractivity contribution in [3.8, 4) is 0 Å². The van der Waals surface area contributed by atoms with Crippen molar-refractivity contribution in [3.05, 3.63) is 0 Å². The molecule has 0 spiro atoms. The van der Waals surface area contributed by atoms with Gasteiger partial charge in [0.15, 0.2) is 0 Å². The van der Waals surface area contributed by atoms with Crippen LogP contribution in [0.2, 0.25) is 0 Å². The molecule has 2 atom stereocenters. The van der Waals surface area contributed by atoms with Gasteiger partial charge in [-0.15, -0.1) is 0 Å². The highest BCUT2D eigenvalue weighted by molar-refractivity contribution is 5.80. The van der Waals surface area contributed by atoms with Crippen LogP contribution in [0.15, 0.2) is 0 Å². The van der Waals surface area contributed by atoms with Gasteiger partial charge in [-0.3, -0.25) is 9.59 Å². The molecule has 1 saturated heterocycles. The molecule has 0 aromatic heterocycles. The van der Waals surface area contributed by atoms with Crippen LogP contribution in [-0.4, -0.2) is 34.2 Å². The van der Waals surface area contributed by atoms with Crippen LogP contribution in [0.1, 0.15) is 38.5 Å². The minimum absolute atomic E-state index is 0.162. The van der Waals surface area contributed by atoms with E-state index in [2.05, 4.69) is 5.32 Å². The second-order valence-electron chi connectivity index (χ2n) is 5.21. The monoisotopic (exact) mass is 241 g/mol. The predicted molar refractivity (Wildman–Crippen MR) is 60.7 cm³/mol. The third-order valence-corrected chi connectivity index (χ3v) is 4.33. The van der Waals surface area contributed by atoms with Crippen molar-refractivity contribution in [3.63, 3.8) is 0 Å². The van der Waals surface area contributed by atoms with E-state index >= 15 is 0 Å². The van der Waals surface area contributed by atoms with E-state index in [-0.39, 0.29) is 12.5 Å². The Morgan fingerprint density at radius 1 is 1.12 bits per heavy atom. The molecule has 0 aromatic rings. The zero-order chi connectivity index (χ0) is 12.5. The maximum absolute atomic E-state index is 11.5. The first-order valence-electron chi connectivity index (χ1n) is 6.27. The first-order valence-corrected chi connectivity index (χ1v) is 6.27. The molecule has 5 heteroatoms. The summed E-state index contributed by atoms with van der Waals surface area (Å²) in [5.74, 6) is -1.92. The Labute approximate surface area is 100 Å². The van der Waals surface area contributed by atoms with Gasteiger partial charge in [0, 0.05) is 6.54 Å². The van der Waals surface area contributed by atoms with Crippen LogP contribution >= 0.6 is 0 Å². The third kappa shape index (κ3) is 2.16. The van der Waals surface area contributed by atoms with Gasteiger partial charge >= 0.3 is 11.9 Å². The lowest BCUT2D eigenvalue weighted by molar-refractivity contribution is -0.153. The van der Waals surface area contributed by atoms with Gasteiger partial charge in [-0.25, -0.2) is 0 Å². The summed E-state index contributed by atoms with van der Waals surface area (Å²) in [7, 11) is 0. The summed E-state index contributed by atoms with van der Waals surface area (Å²) in [5, 5.41) is 21.4. The number of carboxylic acids is 2. The van der Waals surface area contributed by atoms with Gasteiger partial charge in [-0.1, -0.05) is 12.8 Å². The highest BCUT2D eigenvalue weighted by Crippen LogP contribution is 2.39. The fourth-order valence-corrected chi connectivity index (χ4v) is 3.23. The van der Waals surface area contributed by atoms with Gasteiger partial charge in [-0.05, 0) is 31.6 Å². The Hall–Kier alpha value is -1.10. The van der Waals surface area contributed by atoms with E-state index in [1.165, 1.54) is 0 Å². The second-order valence-corrected chi connectivity index (χ2v) is 5.21. The van der Waals surface area contributed by atoms with Gasteiger partial charge in [-0.2, -0.15) is 0 Å². The molecule has 96 valence electrons. The zero-order valence-electron chi connectivity index (χ0n) is 9.82. The van der Waals surface area contributed by atoms with E-state index < -0.39 is 23.4 Å². The normalized spacial score (nSPS) is 34.7. The molecular weight excluding hydrogens is 222 g/mol. The predicted octanol–water partition coefficient (Wildman–Crippen LogP) is 1.08. The van der Waals surface area contributed by atoms with Crippen LogP contribution in [0.25, 0.3) is 0 Å².